The summed E-state index contributed by atoms with van der Waals surface area (Å²) in [6.45, 7) is 17.5. The van der Waals surface area contributed by atoms with E-state index < -0.39 is 0 Å². The molecule has 1 amide bonds. The number of rotatable bonds is 4. The number of amides is 1. The quantitative estimate of drug-likeness (QED) is 0.852. The molecule has 0 bridgehead atoms. The van der Waals surface area contributed by atoms with Gasteiger partial charge in [0.05, 0.1) is 13.2 Å². The fourth-order valence-electron chi connectivity index (χ4n) is 1.71. The normalized spacial score (nSPS) is 18.2. The molecule has 114 valence electrons. The second-order valence-electron chi connectivity index (χ2n) is 5.83. The van der Waals surface area contributed by atoms with Crippen molar-refractivity contribution in [2.45, 2.75) is 41.5 Å². The molecule has 0 aromatic rings. The number of nitrogens with zero attached hydrogens (tertiary/aromatic N) is 1. The van der Waals surface area contributed by atoms with Crippen molar-refractivity contribution in [2.75, 3.05) is 39.4 Å². The molecule has 0 aliphatic carbocycles. The Bertz CT molecular complexity index is 243. The van der Waals surface area contributed by atoms with Crippen molar-refractivity contribution in [3.63, 3.8) is 0 Å². The van der Waals surface area contributed by atoms with Gasteiger partial charge in [0.25, 0.3) is 0 Å². The maximum atomic E-state index is 11.9. The van der Waals surface area contributed by atoms with Gasteiger partial charge in [-0.1, -0.05) is 41.5 Å². The van der Waals surface area contributed by atoms with E-state index in [1.807, 2.05) is 20.8 Å². The smallest absolute Gasteiger partial charge is 0.223 e. The van der Waals surface area contributed by atoms with Crippen molar-refractivity contribution in [1.82, 2.24) is 10.2 Å². The van der Waals surface area contributed by atoms with Crippen LogP contribution >= 0.6 is 0 Å². The van der Waals surface area contributed by atoms with Crippen molar-refractivity contribution in [3.05, 3.63) is 0 Å². The van der Waals surface area contributed by atoms with Crippen molar-refractivity contribution < 1.29 is 9.53 Å². The number of carbonyl (C=O) groups excluding carboxylic acids is 1. The molecule has 1 unspecified atom stereocenters. The number of ether oxygens (including phenoxy) is 1. The van der Waals surface area contributed by atoms with Gasteiger partial charge in [-0.3, -0.25) is 9.69 Å². The Hall–Kier alpha value is -0.610. The molecule has 1 fully saturated rings. The molecule has 0 saturated carbocycles. The summed E-state index contributed by atoms with van der Waals surface area (Å²) in [7, 11) is 0. The predicted octanol–water partition coefficient (Wildman–Crippen LogP) is 2.14. The standard InChI is InChI=1S/C13H26N2O2.C2H6/c1-11(13(2,3)4)12(16)14-5-6-15-7-9-17-10-8-15;1-2/h11H,5-10H2,1-4H3,(H,14,16);1-2H3. The second-order valence-corrected chi connectivity index (χ2v) is 5.83. The van der Waals surface area contributed by atoms with Crippen molar-refractivity contribution in [3.8, 4) is 0 Å². The van der Waals surface area contributed by atoms with Crippen LogP contribution in [0.15, 0.2) is 0 Å². The molecule has 0 aromatic heterocycles. The highest BCUT2D eigenvalue weighted by molar-refractivity contribution is 5.78. The van der Waals surface area contributed by atoms with E-state index in [1.165, 1.54) is 0 Å². The van der Waals surface area contributed by atoms with Crippen LogP contribution in [0.1, 0.15) is 41.5 Å². The van der Waals surface area contributed by atoms with E-state index in [2.05, 4.69) is 31.0 Å². The molecule has 1 aliphatic rings. The van der Waals surface area contributed by atoms with Crippen molar-refractivity contribution >= 4 is 5.91 Å². The highest BCUT2D eigenvalue weighted by Crippen LogP contribution is 2.25. The van der Waals surface area contributed by atoms with Crippen LogP contribution in [0.5, 0.6) is 0 Å². The Morgan fingerprint density at radius 3 is 2.26 bits per heavy atom. The van der Waals surface area contributed by atoms with Gasteiger partial charge in [-0.05, 0) is 5.41 Å². The third-order valence-electron chi connectivity index (χ3n) is 3.52. The first-order valence-corrected chi connectivity index (χ1v) is 7.49. The summed E-state index contributed by atoms with van der Waals surface area (Å²) in [5, 5.41) is 3.01. The van der Waals surface area contributed by atoms with Crippen LogP contribution in [-0.2, 0) is 9.53 Å². The largest absolute Gasteiger partial charge is 0.379 e. The number of hydrogen-bond acceptors (Lipinski definition) is 3. The minimum absolute atomic E-state index is 0.0308. The third-order valence-corrected chi connectivity index (χ3v) is 3.52. The summed E-state index contributed by atoms with van der Waals surface area (Å²) in [5.74, 6) is 0.206. The van der Waals surface area contributed by atoms with Crippen LogP contribution in [0.3, 0.4) is 0 Å². The highest BCUT2D eigenvalue weighted by atomic mass is 16.5. The Kier molecular flexibility index (Phi) is 9.02. The summed E-state index contributed by atoms with van der Waals surface area (Å²) in [4.78, 5) is 14.2. The minimum Gasteiger partial charge on any atom is -0.379 e. The molecule has 1 heterocycles. The van der Waals surface area contributed by atoms with E-state index in [4.69, 9.17) is 4.74 Å². The molecular formula is C15H32N2O2. The lowest BCUT2D eigenvalue weighted by Crippen LogP contribution is -2.43. The summed E-state index contributed by atoms with van der Waals surface area (Å²) in [6.07, 6.45) is 0. The van der Waals surface area contributed by atoms with E-state index in [0.717, 1.165) is 39.4 Å². The van der Waals surface area contributed by atoms with Gasteiger partial charge in [0.15, 0.2) is 0 Å². The first kappa shape index (κ1) is 18.4. The molecule has 1 N–H and O–H groups in total. The lowest BCUT2D eigenvalue weighted by atomic mass is 9.81. The van der Waals surface area contributed by atoms with Crippen LogP contribution in [0.25, 0.3) is 0 Å². The SMILES string of the molecule is CC.CC(C(=O)NCCN1CCOCC1)C(C)(C)C. The molecule has 4 nitrogen and oxygen atoms in total. The second kappa shape index (κ2) is 9.32. The minimum atomic E-state index is 0.0308. The Labute approximate surface area is 118 Å². The summed E-state index contributed by atoms with van der Waals surface area (Å²) in [5.41, 5.74) is 0.0308. The van der Waals surface area contributed by atoms with Crippen LogP contribution < -0.4 is 5.32 Å². The average Bonchev–Trinajstić information content (AvgIpc) is 2.40. The zero-order chi connectivity index (χ0) is 14.9. The zero-order valence-corrected chi connectivity index (χ0v) is 13.6. The zero-order valence-electron chi connectivity index (χ0n) is 13.6. The van der Waals surface area contributed by atoms with Crippen LogP contribution in [0.4, 0.5) is 0 Å². The predicted molar refractivity (Wildman–Crippen MR) is 80.2 cm³/mol. The van der Waals surface area contributed by atoms with E-state index >= 15 is 0 Å². The molecule has 19 heavy (non-hydrogen) atoms. The Balaban J connectivity index is 0.00000154. The molecule has 1 saturated heterocycles. The Morgan fingerprint density at radius 1 is 1.26 bits per heavy atom. The maximum absolute atomic E-state index is 11.9. The van der Waals surface area contributed by atoms with Crippen LogP contribution in [0, 0.1) is 11.3 Å². The van der Waals surface area contributed by atoms with Gasteiger partial charge in [0.2, 0.25) is 5.91 Å². The van der Waals surface area contributed by atoms with Gasteiger partial charge >= 0.3 is 0 Å². The third kappa shape index (κ3) is 7.53. The molecule has 4 heteroatoms. The van der Waals surface area contributed by atoms with Gasteiger partial charge in [-0.2, -0.15) is 0 Å². The van der Waals surface area contributed by atoms with Gasteiger partial charge in [-0.15, -0.1) is 0 Å². The number of morpholine rings is 1. The van der Waals surface area contributed by atoms with E-state index in [1.54, 1.807) is 0 Å². The van der Waals surface area contributed by atoms with Gasteiger partial charge in [0, 0.05) is 32.1 Å². The summed E-state index contributed by atoms with van der Waals surface area (Å²) >= 11 is 0. The number of nitrogens with one attached hydrogen (secondary N) is 1. The van der Waals surface area contributed by atoms with E-state index in [0.29, 0.717) is 0 Å². The van der Waals surface area contributed by atoms with Gasteiger partial charge in [0.1, 0.15) is 0 Å². The van der Waals surface area contributed by atoms with Crippen molar-refractivity contribution in [2.24, 2.45) is 11.3 Å². The number of hydrogen-bond donors (Lipinski definition) is 1. The molecule has 1 atom stereocenters. The average molecular weight is 272 g/mol. The topological polar surface area (TPSA) is 41.6 Å². The molecule has 1 rings (SSSR count). The maximum Gasteiger partial charge on any atom is 0.223 e. The lowest BCUT2D eigenvalue weighted by molar-refractivity contribution is -0.127. The van der Waals surface area contributed by atoms with Gasteiger partial charge in [-0.25, -0.2) is 0 Å². The fraction of sp³-hybridized carbons (Fsp3) is 0.933. The fourth-order valence-corrected chi connectivity index (χ4v) is 1.71. The van der Waals surface area contributed by atoms with Gasteiger partial charge < -0.3 is 10.1 Å². The Morgan fingerprint density at radius 2 is 1.79 bits per heavy atom. The molecule has 1 aliphatic heterocycles. The molecule has 0 spiro atoms. The highest BCUT2D eigenvalue weighted by Gasteiger charge is 2.26. The van der Waals surface area contributed by atoms with Crippen LogP contribution in [-0.4, -0.2) is 50.2 Å². The lowest BCUT2D eigenvalue weighted by Gasteiger charge is -2.28. The monoisotopic (exact) mass is 272 g/mol. The first-order valence-electron chi connectivity index (χ1n) is 7.49. The molecule has 0 radical (unpaired) electrons. The van der Waals surface area contributed by atoms with Crippen LogP contribution in [0.2, 0.25) is 0 Å². The molecule has 0 aromatic carbocycles. The summed E-state index contributed by atoms with van der Waals surface area (Å²) < 4.78 is 5.28. The summed E-state index contributed by atoms with van der Waals surface area (Å²) in [6, 6.07) is 0. The molecular weight excluding hydrogens is 240 g/mol. The van der Waals surface area contributed by atoms with E-state index in [9.17, 15) is 4.79 Å². The van der Waals surface area contributed by atoms with E-state index in [-0.39, 0.29) is 17.2 Å². The number of carbonyl (C=O) groups is 1. The van der Waals surface area contributed by atoms with Crippen molar-refractivity contribution in [1.29, 1.82) is 0 Å². The first-order chi connectivity index (χ1) is 8.91.